The predicted octanol–water partition coefficient (Wildman–Crippen LogP) is 1.39. The second-order valence-corrected chi connectivity index (χ2v) is 7.39. The zero-order chi connectivity index (χ0) is 14.0. The summed E-state index contributed by atoms with van der Waals surface area (Å²) >= 11 is 1.67. The van der Waals surface area contributed by atoms with Gasteiger partial charge < -0.3 is 14.7 Å². The summed E-state index contributed by atoms with van der Waals surface area (Å²) in [6.45, 7) is 7.20. The highest BCUT2D eigenvalue weighted by Crippen LogP contribution is 2.40. The van der Waals surface area contributed by atoms with Crippen LogP contribution in [0.3, 0.4) is 0 Å². The number of rotatable bonds is 4. The van der Waals surface area contributed by atoms with Crippen LogP contribution in [0.4, 0.5) is 5.13 Å². The van der Waals surface area contributed by atoms with Crippen LogP contribution >= 0.6 is 11.3 Å². The van der Waals surface area contributed by atoms with E-state index >= 15 is 0 Å². The van der Waals surface area contributed by atoms with Crippen LogP contribution in [0.2, 0.25) is 0 Å². The smallest absolute Gasteiger partial charge is 0.208 e. The molecule has 0 bridgehead atoms. The summed E-state index contributed by atoms with van der Waals surface area (Å²) in [5.74, 6) is 0. The molecule has 0 aromatic carbocycles. The summed E-state index contributed by atoms with van der Waals surface area (Å²) < 4.78 is 0. The summed E-state index contributed by atoms with van der Waals surface area (Å²) in [5, 5.41) is 9.34. The second-order valence-electron chi connectivity index (χ2n) is 6.58. The molecule has 2 fully saturated rings. The van der Waals surface area contributed by atoms with Crippen LogP contribution in [0.5, 0.6) is 0 Å². The van der Waals surface area contributed by atoms with Gasteiger partial charge in [0.05, 0.1) is 0 Å². The Morgan fingerprint density at radius 3 is 2.95 bits per heavy atom. The van der Waals surface area contributed by atoms with E-state index < -0.39 is 0 Å². The fourth-order valence-electron chi connectivity index (χ4n) is 3.57. The largest absolute Gasteiger partial charge is 0.346 e. The third-order valence-corrected chi connectivity index (χ3v) is 5.41. The Labute approximate surface area is 125 Å². The molecule has 1 spiro atoms. The number of aromatic nitrogens is 2. The highest BCUT2D eigenvalue weighted by Gasteiger charge is 2.41. The number of hydrogen-bond donors (Lipinski definition) is 0. The standard InChI is InChI=1S/C14H25N5S/c1-17(2)8-9-18-7-5-14(10-18)4-3-6-19(11-14)13-16-15-12-20-13/h12H,3-11H2,1-2H3/t14-/m0/s1. The van der Waals surface area contributed by atoms with E-state index in [4.69, 9.17) is 0 Å². The monoisotopic (exact) mass is 295 g/mol. The molecule has 1 aromatic heterocycles. The maximum atomic E-state index is 4.25. The fraction of sp³-hybridized carbons (Fsp3) is 0.857. The van der Waals surface area contributed by atoms with E-state index in [-0.39, 0.29) is 0 Å². The van der Waals surface area contributed by atoms with Crippen molar-refractivity contribution in [3.63, 3.8) is 0 Å². The van der Waals surface area contributed by atoms with E-state index in [1.54, 1.807) is 11.3 Å². The minimum Gasteiger partial charge on any atom is -0.346 e. The van der Waals surface area contributed by atoms with Crippen molar-refractivity contribution >= 4 is 16.5 Å². The molecule has 0 aliphatic carbocycles. The molecule has 6 heteroatoms. The third kappa shape index (κ3) is 3.13. The van der Waals surface area contributed by atoms with Crippen molar-refractivity contribution in [2.45, 2.75) is 19.3 Å². The minimum absolute atomic E-state index is 0.496. The topological polar surface area (TPSA) is 35.5 Å². The van der Waals surface area contributed by atoms with E-state index in [2.05, 4.69) is 39.0 Å². The van der Waals surface area contributed by atoms with Crippen molar-refractivity contribution in [2.75, 3.05) is 58.3 Å². The zero-order valence-electron chi connectivity index (χ0n) is 12.6. The molecule has 1 atom stereocenters. The summed E-state index contributed by atoms with van der Waals surface area (Å²) in [6, 6.07) is 0. The third-order valence-electron chi connectivity index (χ3n) is 4.66. The van der Waals surface area contributed by atoms with Gasteiger partial charge in [-0.1, -0.05) is 11.3 Å². The first-order valence-corrected chi connectivity index (χ1v) is 8.43. The number of hydrogen-bond acceptors (Lipinski definition) is 6. The lowest BCUT2D eigenvalue weighted by molar-refractivity contribution is 0.210. The van der Waals surface area contributed by atoms with E-state index in [1.807, 2.05) is 5.51 Å². The van der Waals surface area contributed by atoms with Crippen LogP contribution < -0.4 is 4.90 Å². The van der Waals surface area contributed by atoms with Crippen LogP contribution in [0.1, 0.15) is 19.3 Å². The van der Waals surface area contributed by atoms with Crippen molar-refractivity contribution < 1.29 is 0 Å². The average molecular weight is 295 g/mol. The first-order chi connectivity index (χ1) is 9.67. The molecule has 3 rings (SSSR count). The van der Waals surface area contributed by atoms with Gasteiger partial charge in [0.1, 0.15) is 5.51 Å². The molecular weight excluding hydrogens is 270 g/mol. The lowest BCUT2D eigenvalue weighted by atomic mass is 9.79. The Morgan fingerprint density at radius 1 is 1.30 bits per heavy atom. The van der Waals surface area contributed by atoms with Crippen molar-refractivity contribution in [2.24, 2.45) is 5.41 Å². The number of likely N-dealkylation sites (N-methyl/N-ethyl adjacent to an activating group) is 1. The van der Waals surface area contributed by atoms with Gasteiger partial charge in [0.2, 0.25) is 5.13 Å². The quantitative estimate of drug-likeness (QED) is 0.839. The molecule has 0 amide bonds. The predicted molar refractivity (Wildman–Crippen MR) is 83.4 cm³/mol. The van der Waals surface area contributed by atoms with Gasteiger partial charge in [0, 0.05) is 38.1 Å². The number of nitrogens with zero attached hydrogens (tertiary/aromatic N) is 5. The SMILES string of the molecule is CN(C)CCN1CC[C@@]2(CCCN(c3nncs3)C2)C1. The molecular formula is C14H25N5S. The molecule has 0 N–H and O–H groups in total. The normalized spacial score (nSPS) is 27.9. The lowest BCUT2D eigenvalue weighted by Gasteiger charge is -2.40. The molecule has 2 aliphatic rings. The van der Waals surface area contributed by atoms with Gasteiger partial charge in [-0.05, 0) is 39.9 Å². The van der Waals surface area contributed by atoms with Gasteiger partial charge in [0.25, 0.3) is 0 Å². The van der Waals surface area contributed by atoms with Gasteiger partial charge in [-0.25, -0.2) is 0 Å². The van der Waals surface area contributed by atoms with Crippen molar-refractivity contribution in [3.8, 4) is 0 Å². The first-order valence-electron chi connectivity index (χ1n) is 7.55. The van der Waals surface area contributed by atoms with Gasteiger partial charge in [-0.3, -0.25) is 0 Å². The van der Waals surface area contributed by atoms with E-state index in [0.29, 0.717) is 5.41 Å². The van der Waals surface area contributed by atoms with Gasteiger partial charge >= 0.3 is 0 Å². The molecule has 5 nitrogen and oxygen atoms in total. The van der Waals surface area contributed by atoms with Crippen LogP contribution in [0.15, 0.2) is 5.51 Å². The van der Waals surface area contributed by atoms with Gasteiger partial charge in [0.15, 0.2) is 0 Å². The van der Waals surface area contributed by atoms with Gasteiger partial charge in [-0.15, -0.1) is 10.2 Å². The molecule has 0 unspecified atom stereocenters. The van der Waals surface area contributed by atoms with Crippen molar-refractivity contribution in [1.82, 2.24) is 20.0 Å². The summed E-state index contributed by atoms with van der Waals surface area (Å²) in [5.41, 5.74) is 2.34. The summed E-state index contributed by atoms with van der Waals surface area (Å²) in [6.07, 6.45) is 4.01. The van der Waals surface area contributed by atoms with Crippen molar-refractivity contribution in [3.05, 3.63) is 5.51 Å². The Kier molecular flexibility index (Phi) is 4.23. The Balaban J connectivity index is 1.59. The number of likely N-dealkylation sites (tertiary alicyclic amines) is 1. The molecule has 20 heavy (non-hydrogen) atoms. The zero-order valence-corrected chi connectivity index (χ0v) is 13.4. The highest BCUT2D eigenvalue weighted by molar-refractivity contribution is 7.13. The number of anilines is 1. The molecule has 2 aliphatic heterocycles. The Hall–Kier alpha value is -0.720. The molecule has 2 saturated heterocycles. The van der Waals surface area contributed by atoms with Crippen LogP contribution in [0.25, 0.3) is 0 Å². The Bertz CT molecular complexity index is 421. The van der Waals surface area contributed by atoms with E-state index in [9.17, 15) is 0 Å². The van der Waals surface area contributed by atoms with E-state index in [0.717, 1.165) is 18.2 Å². The maximum absolute atomic E-state index is 4.25. The molecule has 3 heterocycles. The first kappa shape index (κ1) is 14.2. The van der Waals surface area contributed by atoms with Crippen LogP contribution in [-0.4, -0.2) is 73.4 Å². The van der Waals surface area contributed by atoms with Gasteiger partial charge in [-0.2, -0.15) is 0 Å². The van der Waals surface area contributed by atoms with Crippen LogP contribution in [-0.2, 0) is 0 Å². The summed E-state index contributed by atoms with van der Waals surface area (Å²) in [7, 11) is 4.31. The maximum Gasteiger partial charge on any atom is 0.208 e. The molecule has 0 saturated carbocycles. The highest BCUT2D eigenvalue weighted by atomic mass is 32.1. The molecule has 112 valence electrons. The lowest BCUT2D eigenvalue weighted by Crippen LogP contribution is -2.45. The Morgan fingerprint density at radius 2 is 2.20 bits per heavy atom. The summed E-state index contributed by atoms with van der Waals surface area (Å²) in [4.78, 5) is 7.37. The van der Waals surface area contributed by atoms with E-state index in [1.165, 1.54) is 45.4 Å². The van der Waals surface area contributed by atoms with Crippen LogP contribution in [0, 0.1) is 5.41 Å². The van der Waals surface area contributed by atoms with Crippen molar-refractivity contribution in [1.29, 1.82) is 0 Å². The second kappa shape index (κ2) is 5.95. The fourth-order valence-corrected chi connectivity index (χ4v) is 4.16. The average Bonchev–Trinajstić information content (AvgIpc) is 3.07. The number of piperidine rings is 1. The minimum atomic E-state index is 0.496. The molecule has 1 aromatic rings. The molecule has 0 radical (unpaired) electrons.